The van der Waals surface area contributed by atoms with Crippen LogP contribution in [0.5, 0.6) is 0 Å². The van der Waals surface area contributed by atoms with E-state index in [9.17, 15) is 0 Å². The van der Waals surface area contributed by atoms with Gasteiger partial charge in [0, 0.05) is 4.75 Å². The maximum absolute atomic E-state index is 2.50. The Morgan fingerprint density at radius 2 is 2.00 bits per heavy atom. The maximum atomic E-state index is 2.50. The van der Waals surface area contributed by atoms with Crippen LogP contribution in [0, 0.1) is 5.92 Å². The molecular formula is C10H18S. The second kappa shape index (κ2) is 3.01. The molecule has 2 aliphatic rings. The summed E-state index contributed by atoms with van der Waals surface area (Å²) in [6.07, 6.45) is 8.99. The van der Waals surface area contributed by atoms with E-state index in [1.54, 1.807) is 0 Å². The Balaban J connectivity index is 2.06. The Kier molecular flexibility index (Phi) is 2.18. The lowest BCUT2D eigenvalue weighted by Gasteiger charge is -2.44. The Morgan fingerprint density at radius 1 is 1.18 bits per heavy atom. The van der Waals surface area contributed by atoms with Gasteiger partial charge in [-0.05, 0) is 37.4 Å². The van der Waals surface area contributed by atoms with Gasteiger partial charge in [0.25, 0.3) is 0 Å². The molecule has 0 nitrogen and oxygen atoms in total. The summed E-state index contributed by atoms with van der Waals surface area (Å²) in [4.78, 5) is 0. The van der Waals surface area contributed by atoms with Gasteiger partial charge in [-0.25, -0.2) is 0 Å². The number of fused-ring (bicyclic) bond motifs is 1. The molecule has 0 aromatic carbocycles. The zero-order chi connectivity index (χ0) is 7.73. The van der Waals surface area contributed by atoms with Crippen LogP contribution in [0.4, 0.5) is 0 Å². The molecular weight excluding hydrogens is 152 g/mol. The minimum Gasteiger partial charge on any atom is -0.155 e. The molecule has 1 aliphatic heterocycles. The van der Waals surface area contributed by atoms with E-state index in [4.69, 9.17) is 0 Å². The van der Waals surface area contributed by atoms with Crippen LogP contribution in [0.25, 0.3) is 0 Å². The molecule has 2 atom stereocenters. The zero-order valence-corrected chi connectivity index (χ0v) is 8.25. The molecule has 0 aromatic rings. The van der Waals surface area contributed by atoms with Crippen LogP contribution < -0.4 is 0 Å². The summed E-state index contributed by atoms with van der Waals surface area (Å²) in [5.74, 6) is 2.49. The first-order valence-electron chi connectivity index (χ1n) is 4.95. The molecule has 1 saturated carbocycles. The van der Waals surface area contributed by atoms with E-state index >= 15 is 0 Å². The lowest BCUT2D eigenvalue weighted by atomic mass is 9.77. The van der Waals surface area contributed by atoms with Gasteiger partial charge < -0.3 is 0 Å². The Hall–Kier alpha value is 0.350. The normalized spacial score (nSPS) is 45.0. The molecule has 1 aliphatic carbocycles. The standard InChI is InChI=1S/C10H18S/c1-10-7-3-2-5-9(10)6-4-8-11-10/h9H,2-8H2,1H3. The first kappa shape index (κ1) is 7.97. The predicted molar refractivity (Wildman–Crippen MR) is 52.1 cm³/mol. The Morgan fingerprint density at radius 3 is 2.82 bits per heavy atom. The smallest absolute Gasteiger partial charge is 0.0160 e. The lowest BCUT2D eigenvalue weighted by Crippen LogP contribution is -2.37. The van der Waals surface area contributed by atoms with Gasteiger partial charge in [-0.1, -0.05) is 19.8 Å². The van der Waals surface area contributed by atoms with Gasteiger partial charge in [0.2, 0.25) is 0 Å². The molecule has 0 amide bonds. The summed E-state index contributed by atoms with van der Waals surface area (Å²) >= 11 is 2.25. The number of hydrogen-bond donors (Lipinski definition) is 0. The van der Waals surface area contributed by atoms with Crippen LogP contribution in [0.2, 0.25) is 0 Å². The average molecular weight is 170 g/mol. The topological polar surface area (TPSA) is 0 Å². The highest BCUT2D eigenvalue weighted by atomic mass is 32.2. The predicted octanol–water partition coefficient (Wildman–Crippen LogP) is 3.46. The van der Waals surface area contributed by atoms with Crippen LogP contribution in [0.3, 0.4) is 0 Å². The summed E-state index contributed by atoms with van der Waals surface area (Å²) < 4.78 is 0.691. The van der Waals surface area contributed by atoms with Gasteiger partial charge in [-0.15, -0.1) is 0 Å². The summed E-state index contributed by atoms with van der Waals surface area (Å²) in [6, 6.07) is 0. The number of hydrogen-bond acceptors (Lipinski definition) is 1. The Bertz CT molecular complexity index is 130. The molecule has 0 aromatic heterocycles. The van der Waals surface area contributed by atoms with Crippen molar-refractivity contribution in [1.29, 1.82) is 0 Å². The fourth-order valence-electron chi connectivity index (χ4n) is 2.65. The van der Waals surface area contributed by atoms with Crippen molar-refractivity contribution in [2.24, 2.45) is 5.92 Å². The highest BCUT2D eigenvalue weighted by Gasteiger charge is 2.38. The summed E-state index contributed by atoms with van der Waals surface area (Å²) in [6.45, 7) is 2.50. The zero-order valence-electron chi connectivity index (χ0n) is 7.44. The number of thioether (sulfide) groups is 1. The molecule has 1 saturated heterocycles. The molecule has 2 fully saturated rings. The second-order valence-corrected chi connectivity index (χ2v) is 5.88. The van der Waals surface area contributed by atoms with Gasteiger partial charge in [-0.3, -0.25) is 0 Å². The highest BCUT2D eigenvalue weighted by Crippen LogP contribution is 2.49. The van der Waals surface area contributed by atoms with Crippen LogP contribution in [-0.2, 0) is 0 Å². The fourth-order valence-corrected chi connectivity index (χ4v) is 4.19. The molecule has 1 heterocycles. The van der Waals surface area contributed by atoms with Crippen LogP contribution in [0.15, 0.2) is 0 Å². The van der Waals surface area contributed by atoms with Gasteiger partial charge >= 0.3 is 0 Å². The highest BCUT2D eigenvalue weighted by molar-refractivity contribution is 8.00. The van der Waals surface area contributed by atoms with Gasteiger partial charge in [0.05, 0.1) is 0 Å². The van der Waals surface area contributed by atoms with Crippen molar-refractivity contribution >= 4 is 11.8 Å². The van der Waals surface area contributed by atoms with Crippen LogP contribution in [0.1, 0.15) is 45.4 Å². The van der Waals surface area contributed by atoms with E-state index in [2.05, 4.69) is 18.7 Å². The van der Waals surface area contributed by atoms with Crippen LogP contribution >= 0.6 is 11.8 Å². The second-order valence-electron chi connectivity index (χ2n) is 4.25. The van der Waals surface area contributed by atoms with Crippen molar-refractivity contribution in [2.45, 2.75) is 50.2 Å². The molecule has 11 heavy (non-hydrogen) atoms. The fraction of sp³-hybridized carbons (Fsp3) is 1.00. The summed E-state index contributed by atoms with van der Waals surface area (Å²) in [5, 5.41) is 0. The van der Waals surface area contributed by atoms with E-state index in [1.807, 2.05) is 0 Å². The van der Waals surface area contributed by atoms with Crippen molar-refractivity contribution in [3.63, 3.8) is 0 Å². The third-order valence-corrected chi connectivity index (χ3v) is 5.16. The molecule has 0 spiro atoms. The minimum absolute atomic E-state index is 0.691. The van der Waals surface area contributed by atoms with E-state index in [-0.39, 0.29) is 0 Å². The van der Waals surface area contributed by atoms with E-state index in [1.165, 1.54) is 44.3 Å². The maximum Gasteiger partial charge on any atom is 0.0160 e. The third kappa shape index (κ3) is 1.44. The molecule has 0 radical (unpaired) electrons. The van der Waals surface area contributed by atoms with Crippen molar-refractivity contribution in [2.75, 3.05) is 5.75 Å². The quantitative estimate of drug-likeness (QED) is 0.536. The van der Waals surface area contributed by atoms with Gasteiger partial charge in [0.1, 0.15) is 0 Å². The van der Waals surface area contributed by atoms with Gasteiger partial charge in [0.15, 0.2) is 0 Å². The van der Waals surface area contributed by atoms with Crippen molar-refractivity contribution in [1.82, 2.24) is 0 Å². The van der Waals surface area contributed by atoms with Crippen LogP contribution in [-0.4, -0.2) is 10.5 Å². The molecule has 2 rings (SSSR count). The molecule has 2 unspecified atom stereocenters. The molecule has 1 heteroatoms. The summed E-state index contributed by atoms with van der Waals surface area (Å²) in [5.41, 5.74) is 0. The van der Waals surface area contributed by atoms with Crippen molar-refractivity contribution < 1.29 is 0 Å². The van der Waals surface area contributed by atoms with Gasteiger partial charge in [-0.2, -0.15) is 11.8 Å². The first-order chi connectivity index (χ1) is 5.31. The SMILES string of the molecule is CC12CCCCC1CCCS2. The van der Waals surface area contributed by atoms with Crippen molar-refractivity contribution in [3.05, 3.63) is 0 Å². The van der Waals surface area contributed by atoms with Crippen molar-refractivity contribution in [3.8, 4) is 0 Å². The average Bonchev–Trinajstić information content (AvgIpc) is 2.03. The molecule has 0 bridgehead atoms. The van der Waals surface area contributed by atoms with E-state index in [0.717, 1.165) is 5.92 Å². The molecule has 64 valence electrons. The first-order valence-corrected chi connectivity index (χ1v) is 5.94. The summed E-state index contributed by atoms with van der Waals surface area (Å²) in [7, 11) is 0. The minimum atomic E-state index is 0.691. The Labute approximate surface area is 74.1 Å². The van der Waals surface area contributed by atoms with E-state index in [0.29, 0.717) is 4.75 Å². The third-order valence-electron chi connectivity index (χ3n) is 3.47. The lowest BCUT2D eigenvalue weighted by molar-refractivity contribution is 0.264. The molecule has 0 N–H and O–H groups in total. The number of rotatable bonds is 0. The largest absolute Gasteiger partial charge is 0.155 e. The monoisotopic (exact) mass is 170 g/mol. The van der Waals surface area contributed by atoms with E-state index < -0.39 is 0 Å².